The summed E-state index contributed by atoms with van der Waals surface area (Å²) in [7, 11) is 0. The van der Waals surface area contributed by atoms with Crippen LogP contribution in [0.2, 0.25) is 0 Å². The first kappa shape index (κ1) is 13.7. The minimum atomic E-state index is -0.413. The number of nitrogens with one attached hydrogen (secondary N) is 1. The third-order valence-electron chi connectivity index (χ3n) is 2.92. The Labute approximate surface area is 103 Å². The molecule has 0 bridgehead atoms. The van der Waals surface area contributed by atoms with E-state index in [1.807, 2.05) is 32.0 Å². The smallest absolute Gasteiger partial charge is 0.241 e. The third kappa shape index (κ3) is 3.56. The maximum absolute atomic E-state index is 11.9. The van der Waals surface area contributed by atoms with Gasteiger partial charge in [-0.3, -0.25) is 4.79 Å². The van der Waals surface area contributed by atoms with Gasteiger partial charge in [-0.05, 0) is 30.9 Å². The van der Waals surface area contributed by atoms with Crippen LogP contribution in [0.3, 0.4) is 0 Å². The SMILES string of the molecule is CCC[C@H](N)C(=O)Nc1c(C)cccc1CC. The Kier molecular flexibility index (Phi) is 5.16. The van der Waals surface area contributed by atoms with Crippen molar-refractivity contribution in [1.82, 2.24) is 0 Å². The summed E-state index contributed by atoms with van der Waals surface area (Å²) in [5.74, 6) is -0.0872. The van der Waals surface area contributed by atoms with E-state index >= 15 is 0 Å². The van der Waals surface area contributed by atoms with Crippen LogP contribution in [-0.4, -0.2) is 11.9 Å². The first-order chi connectivity index (χ1) is 8.10. The molecule has 0 aromatic heterocycles. The van der Waals surface area contributed by atoms with Crippen LogP contribution in [0.15, 0.2) is 18.2 Å². The molecule has 1 amide bonds. The van der Waals surface area contributed by atoms with Gasteiger partial charge in [-0.1, -0.05) is 38.5 Å². The third-order valence-corrected chi connectivity index (χ3v) is 2.92. The van der Waals surface area contributed by atoms with E-state index in [4.69, 9.17) is 5.73 Å². The van der Waals surface area contributed by atoms with Gasteiger partial charge >= 0.3 is 0 Å². The molecule has 94 valence electrons. The number of carbonyl (C=O) groups is 1. The second kappa shape index (κ2) is 6.40. The first-order valence-electron chi connectivity index (χ1n) is 6.25. The molecule has 0 unspecified atom stereocenters. The molecule has 17 heavy (non-hydrogen) atoms. The number of benzene rings is 1. The summed E-state index contributed by atoms with van der Waals surface area (Å²) in [6.07, 6.45) is 2.54. The van der Waals surface area contributed by atoms with Crippen LogP contribution in [0.1, 0.15) is 37.8 Å². The van der Waals surface area contributed by atoms with Gasteiger partial charge in [0.2, 0.25) is 5.91 Å². The van der Waals surface area contributed by atoms with E-state index in [0.29, 0.717) is 0 Å². The number of nitrogens with two attached hydrogens (primary N) is 1. The predicted octanol–water partition coefficient (Wildman–Crippen LogP) is 2.62. The maximum atomic E-state index is 11.9. The van der Waals surface area contributed by atoms with Crippen LogP contribution in [-0.2, 0) is 11.2 Å². The second-order valence-corrected chi connectivity index (χ2v) is 4.35. The monoisotopic (exact) mass is 234 g/mol. The van der Waals surface area contributed by atoms with E-state index in [1.165, 1.54) is 0 Å². The molecule has 0 aliphatic carbocycles. The summed E-state index contributed by atoms with van der Waals surface area (Å²) in [6, 6.07) is 5.63. The van der Waals surface area contributed by atoms with Crippen LogP contribution >= 0.6 is 0 Å². The lowest BCUT2D eigenvalue weighted by Gasteiger charge is -2.16. The van der Waals surface area contributed by atoms with Gasteiger partial charge in [0.15, 0.2) is 0 Å². The lowest BCUT2D eigenvalue weighted by molar-refractivity contribution is -0.117. The fraction of sp³-hybridized carbons (Fsp3) is 0.500. The molecule has 0 aliphatic rings. The molecule has 1 atom stereocenters. The largest absolute Gasteiger partial charge is 0.324 e. The van der Waals surface area contributed by atoms with Crippen molar-refractivity contribution >= 4 is 11.6 Å². The summed E-state index contributed by atoms with van der Waals surface area (Å²) >= 11 is 0. The zero-order valence-electron chi connectivity index (χ0n) is 10.9. The Morgan fingerprint density at radius 1 is 1.41 bits per heavy atom. The van der Waals surface area contributed by atoms with E-state index in [2.05, 4.69) is 12.2 Å². The second-order valence-electron chi connectivity index (χ2n) is 4.35. The topological polar surface area (TPSA) is 55.1 Å². The maximum Gasteiger partial charge on any atom is 0.241 e. The molecule has 0 saturated carbocycles. The molecule has 1 aromatic carbocycles. The van der Waals surface area contributed by atoms with Crippen molar-refractivity contribution in [3.05, 3.63) is 29.3 Å². The zero-order valence-corrected chi connectivity index (χ0v) is 10.9. The van der Waals surface area contributed by atoms with Crippen LogP contribution in [0.5, 0.6) is 0 Å². The summed E-state index contributed by atoms with van der Waals surface area (Å²) in [6.45, 7) is 6.11. The molecule has 0 heterocycles. The fourth-order valence-electron chi connectivity index (χ4n) is 1.86. The van der Waals surface area contributed by atoms with Crippen molar-refractivity contribution in [1.29, 1.82) is 0 Å². The van der Waals surface area contributed by atoms with Crippen LogP contribution in [0.25, 0.3) is 0 Å². The van der Waals surface area contributed by atoms with Crippen molar-refractivity contribution in [2.24, 2.45) is 5.73 Å². The highest BCUT2D eigenvalue weighted by molar-refractivity contribution is 5.96. The Bertz CT molecular complexity index is 388. The van der Waals surface area contributed by atoms with E-state index < -0.39 is 6.04 Å². The van der Waals surface area contributed by atoms with Crippen molar-refractivity contribution < 1.29 is 4.79 Å². The molecule has 0 saturated heterocycles. The number of para-hydroxylation sites is 1. The van der Waals surface area contributed by atoms with E-state index in [-0.39, 0.29) is 5.91 Å². The number of rotatable bonds is 5. The molecule has 3 heteroatoms. The summed E-state index contributed by atoms with van der Waals surface area (Å²) in [5.41, 5.74) is 8.97. The summed E-state index contributed by atoms with van der Waals surface area (Å²) < 4.78 is 0. The predicted molar refractivity (Wildman–Crippen MR) is 72.1 cm³/mol. The van der Waals surface area contributed by atoms with Gasteiger partial charge in [-0.2, -0.15) is 0 Å². The number of amides is 1. The normalized spacial score (nSPS) is 12.2. The Balaban J connectivity index is 2.84. The number of carbonyl (C=O) groups excluding carboxylic acids is 1. The van der Waals surface area contributed by atoms with Gasteiger partial charge in [0.25, 0.3) is 0 Å². The van der Waals surface area contributed by atoms with Gasteiger partial charge in [0.05, 0.1) is 6.04 Å². The van der Waals surface area contributed by atoms with E-state index in [9.17, 15) is 4.79 Å². The molecule has 1 aromatic rings. The molecule has 0 radical (unpaired) electrons. The molecule has 0 spiro atoms. The first-order valence-corrected chi connectivity index (χ1v) is 6.25. The number of hydrogen-bond donors (Lipinski definition) is 2. The Morgan fingerprint density at radius 3 is 2.71 bits per heavy atom. The molecule has 1 rings (SSSR count). The molecule has 3 nitrogen and oxygen atoms in total. The van der Waals surface area contributed by atoms with Gasteiger partial charge < -0.3 is 11.1 Å². The van der Waals surface area contributed by atoms with Crippen molar-refractivity contribution in [3.63, 3.8) is 0 Å². The highest BCUT2D eigenvalue weighted by Crippen LogP contribution is 2.21. The van der Waals surface area contributed by atoms with Gasteiger partial charge in [-0.25, -0.2) is 0 Å². The highest BCUT2D eigenvalue weighted by Gasteiger charge is 2.14. The lowest BCUT2D eigenvalue weighted by atomic mass is 10.0. The zero-order chi connectivity index (χ0) is 12.8. The summed E-state index contributed by atoms with van der Waals surface area (Å²) in [4.78, 5) is 11.9. The minimum absolute atomic E-state index is 0.0872. The fourth-order valence-corrected chi connectivity index (χ4v) is 1.86. The van der Waals surface area contributed by atoms with Crippen LogP contribution in [0.4, 0.5) is 5.69 Å². The quantitative estimate of drug-likeness (QED) is 0.823. The summed E-state index contributed by atoms with van der Waals surface area (Å²) in [5, 5.41) is 2.95. The molecule has 0 aliphatic heterocycles. The lowest BCUT2D eigenvalue weighted by Crippen LogP contribution is -2.35. The average molecular weight is 234 g/mol. The number of anilines is 1. The van der Waals surface area contributed by atoms with Crippen LogP contribution < -0.4 is 11.1 Å². The molecule has 3 N–H and O–H groups in total. The van der Waals surface area contributed by atoms with Gasteiger partial charge in [0.1, 0.15) is 0 Å². The minimum Gasteiger partial charge on any atom is -0.324 e. The Hall–Kier alpha value is -1.35. The van der Waals surface area contributed by atoms with E-state index in [1.54, 1.807) is 0 Å². The molecule has 0 fully saturated rings. The molecular formula is C14H22N2O. The van der Waals surface area contributed by atoms with Crippen LogP contribution in [0, 0.1) is 6.92 Å². The molecular weight excluding hydrogens is 212 g/mol. The highest BCUT2D eigenvalue weighted by atomic mass is 16.2. The number of hydrogen-bond acceptors (Lipinski definition) is 2. The average Bonchev–Trinajstić information content (AvgIpc) is 2.31. The standard InChI is InChI=1S/C14H22N2O/c1-4-7-12(15)14(17)16-13-10(3)8-6-9-11(13)5-2/h6,8-9,12H,4-5,7,15H2,1-3H3,(H,16,17)/t12-/m0/s1. The van der Waals surface area contributed by atoms with Crippen molar-refractivity contribution in [2.75, 3.05) is 5.32 Å². The van der Waals surface area contributed by atoms with Gasteiger partial charge in [0, 0.05) is 5.69 Å². The van der Waals surface area contributed by atoms with E-state index in [0.717, 1.165) is 36.1 Å². The van der Waals surface area contributed by atoms with Crippen molar-refractivity contribution in [2.45, 2.75) is 46.1 Å². The number of aryl methyl sites for hydroxylation is 2. The Morgan fingerprint density at radius 2 is 2.12 bits per heavy atom. The van der Waals surface area contributed by atoms with Crippen molar-refractivity contribution in [3.8, 4) is 0 Å². The van der Waals surface area contributed by atoms with Gasteiger partial charge in [-0.15, -0.1) is 0 Å².